The summed E-state index contributed by atoms with van der Waals surface area (Å²) in [5.74, 6) is 0.607. The number of nitrogens with zero attached hydrogens (tertiary/aromatic N) is 1. The third-order valence-electron chi connectivity index (χ3n) is 6.04. The van der Waals surface area contributed by atoms with Crippen LogP contribution in [0.4, 0.5) is 0 Å². The third-order valence-corrected chi connectivity index (χ3v) is 6.04. The standard InChI is InChI=1S/C24H22N4O2/c1-29-18-8-4-7-16(12-18)20-19(13-25)23(26)30-24-21(20)22(27-28-24)17-10-9-14-5-2-3-6-15(14)11-17/h2-12,20-22,24,27-28H,26H2,1H3. The van der Waals surface area contributed by atoms with Crippen molar-refractivity contribution >= 4 is 10.8 Å². The molecule has 0 bridgehead atoms. The van der Waals surface area contributed by atoms with Crippen molar-refractivity contribution in [3.8, 4) is 11.8 Å². The number of rotatable bonds is 3. The number of fused-ring (bicyclic) bond motifs is 2. The quantitative estimate of drug-likeness (QED) is 0.626. The van der Waals surface area contributed by atoms with Crippen molar-refractivity contribution in [1.29, 1.82) is 5.26 Å². The summed E-state index contributed by atoms with van der Waals surface area (Å²) in [7, 11) is 1.64. The van der Waals surface area contributed by atoms with Gasteiger partial charge in [-0.05, 0) is 40.1 Å². The second-order valence-electron chi connectivity index (χ2n) is 7.63. The number of hydrazine groups is 1. The van der Waals surface area contributed by atoms with Crippen molar-refractivity contribution < 1.29 is 9.47 Å². The highest BCUT2D eigenvalue weighted by molar-refractivity contribution is 5.83. The average Bonchev–Trinajstić information content (AvgIpc) is 3.21. The molecule has 0 aliphatic carbocycles. The van der Waals surface area contributed by atoms with E-state index in [0.717, 1.165) is 16.9 Å². The number of methoxy groups -OCH3 is 1. The Morgan fingerprint density at radius 2 is 1.80 bits per heavy atom. The van der Waals surface area contributed by atoms with Crippen LogP contribution in [0.15, 0.2) is 78.2 Å². The smallest absolute Gasteiger partial charge is 0.200 e. The number of ether oxygens (including phenoxy) is 2. The third kappa shape index (κ3) is 2.96. The zero-order valence-electron chi connectivity index (χ0n) is 16.5. The molecule has 30 heavy (non-hydrogen) atoms. The van der Waals surface area contributed by atoms with Crippen LogP contribution >= 0.6 is 0 Å². The van der Waals surface area contributed by atoms with Gasteiger partial charge < -0.3 is 15.2 Å². The minimum absolute atomic E-state index is 0.0627. The first kappa shape index (κ1) is 18.5. The van der Waals surface area contributed by atoms with E-state index in [1.165, 1.54) is 10.8 Å². The van der Waals surface area contributed by atoms with Gasteiger partial charge in [0.05, 0.1) is 18.7 Å². The lowest BCUT2D eigenvalue weighted by Crippen LogP contribution is -2.40. The Kier molecular flexibility index (Phi) is 4.55. The maximum atomic E-state index is 9.90. The Morgan fingerprint density at radius 3 is 2.60 bits per heavy atom. The number of nitrogens with one attached hydrogen (secondary N) is 2. The average molecular weight is 398 g/mol. The Bertz CT molecular complexity index is 1180. The van der Waals surface area contributed by atoms with Crippen molar-refractivity contribution in [3.05, 3.63) is 89.3 Å². The molecular weight excluding hydrogens is 376 g/mol. The highest BCUT2D eigenvalue weighted by Crippen LogP contribution is 2.48. The summed E-state index contributed by atoms with van der Waals surface area (Å²) in [6.07, 6.45) is -0.352. The lowest BCUT2D eigenvalue weighted by molar-refractivity contribution is 0.0340. The van der Waals surface area contributed by atoms with Gasteiger partial charge in [-0.25, -0.2) is 10.9 Å². The maximum Gasteiger partial charge on any atom is 0.200 e. The molecule has 6 heteroatoms. The van der Waals surface area contributed by atoms with Crippen LogP contribution in [0.2, 0.25) is 0 Å². The molecule has 0 radical (unpaired) electrons. The summed E-state index contributed by atoms with van der Waals surface area (Å²) >= 11 is 0. The fourth-order valence-electron chi connectivity index (χ4n) is 4.62. The van der Waals surface area contributed by atoms with Crippen LogP contribution in [0, 0.1) is 17.2 Å². The molecule has 4 N–H and O–H groups in total. The van der Waals surface area contributed by atoms with Crippen molar-refractivity contribution in [2.75, 3.05) is 7.11 Å². The molecule has 2 aliphatic rings. The molecule has 6 nitrogen and oxygen atoms in total. The molecule has 0 aromatic heterocycles. The molecular formula is C24H22N4O2. The summed E-state index contributed by atoms with van der Waals surface area (Å²) in [6.45, 7) is 0. The van der Waals surface area contributed by atoms with E-state index >= 15 is 0 Å². The van der Waals surface area contributed by atoms with Gasteiger partial charge in [-0.3, -0.25) is 0 Å². The Balaban J connectivity index is 1.62. The second-order valence-corrected chi connectivity index (χ2v) is 7.63. The molecule has 3 aromatic carbocycles. The zero-order valence-corrected chi connectivity index (χ0v) is 16.5. The van der Waals surface area contributed by atoms with Gasteiger partial charge in [0.2, 0.25) is 5.88 Å². The fourth-order valence-corrected chi connectivity index (χ4v) is 4.62. The van der Waals surface area contributed by atoms with Crippen LogP contribution in [0.5, 0.6) is 5.75 Å². The van der Waals surface area contributed by atoms with Crippen molar-refractivity contribution in [3.63, 3.8) is 0 Å². The largest absolute Gasteiger partial charge is 0.497 e. The van der Waals surface area contributed by atoms with Gasteiger partial charge in [0.15, 0.2) is 6.23 Å². The molecule has 3 aromatic rings. The number of allylic oxidation sites excluding steroid dienone is 1. The van der Waals surface area contributed by atoms with Gasteiger partial charge in [0.25, 0.3) is 0 Å². The Hall–Kier alpha value is -3.53. The molecule has 4 atom stereocenters. The molecule has 5 rings (SSSR count). The van der Waals surface area contributed by atoms with Crippen molar-refractivity contribution in [1.82, 2.24) is 10.9 Å². The summed E-state index contributed by atoms with van der Waals surface area (Å²) in [5.41, 5.74) is 15.3. The predicted molar refractivity (Wildman–Crippen MR) is 114 cm³/mol. The summed E-state index contributed by atoms with van der Waals surface area (Å²) in [6, 6.07) is 24.7. The van der Waals surface area contributed by atoms with Gasteiger partial charge in [0.1, 0.15) is 11.8 Å². The van der Waals surface area contributed by atoms with E-state index in [2.05, 4.69) is 47.3 Å². The van der Waals surface area contributed by atoms with Gasteiger partial charge >= 0.3 is 0 Å². The summed E-state index contributed by atoms with van der Waals surface area (Å²) in [5, 5.41) is 12.3. The lowest BCUT2D eigenvalue weighted by atomic mass is 9.74. The Morgan fingerprint density at radius 1 is 0.967 bits per heavy atom. The van der Waals surface area contributed by atoms with Crippen LogP contribution in [0.3, 0.4) is 0 Å². The number of benzene rings is 3. The van der Waals surface area contributed by atoms with E-state index in [9.17, 15) is 5.26 Å². The molecule has 2 aliphatic heterocycles. The maximum absolute atomic E-state index is 9.90. The van der Waals surface area contributed by atoms with Crippen LogP contribution < -0.4 is 21.3 Å². The summed E-state index contributed by atoms with van der Waals surface area (Å²) in [4.78, 5) is 0. The minimum atomic E-state index is -0.352. The van der Waals surface area contributed by atoms with Gasteiger partial charge in [-0.1, -0.05) is 48.5 Å². The molecule has 1 fully saturated rings. The predicted octanol–water partition coefficient (Wildman–Crippen LogP) is 3.45. The van der Waals surface area contributed by atoms with E-state index in [0.29, 0.717) is 5.57 Å². The van der Waals surface area contributed by atoms with E-state index in [1.54, 1.807) is 7.11 Å². The van der Waals surface area contributed by atoms with E-state index < -0.39 is 0 Å². The van der Waals surface area contributed by atoms with Crippen LogP contribution in [0.1, 0.15) is 23.1 Å². The first-order chi connectivity index (χ1) is 14.7. The first-order valence-corrected chi connectivity index (χ1v) is 9.89. The topological polar surface area (TPSA) is 92.3 Å². The van der Waals surface area contributed by atoms with E-state index in [4.69, 9.17) is 15.2 Å². The van der Waals surface area contributed by atoms with Crippen LogP contribution in [-0.4, -0.2) is 13.3 Å². The zero-order chi connectivity index (χ0) is 20.7. The Labute approximate surface area is 174 Å². The second kappa shape index (κ2) is 7.38. The van der Waals surface area contributed by atoms with Gasteiger partial charge in [-0.2, -0.15) is 5.26 Å². The summed E-state index contributed by atoms with van der Waals surface area (Å²) < 4.78 is 11.3. The van der Waals surface area contributed by atoms with Crippen molar-refractivity contribution in [2.24, 2.45) is 11.7 Å². The number of hydrogen-bond acceptors (Lipinski definition) is 6. The molecule has 2 heterocycles. The number of nitrogens with two attached hydrogens (primary N) is 1. The van der Waals surface area contributed by atoms with Gasteiger partial charge in [0, 0.05) is 11.8 Å². The highest BCUT2D eigenvalue weighted by Gasteiger charge is 2.49. The lowest BCUT2D eigenvalue weighted by Gasteiger charge is -2.36. The molecule has 150 valence electrons. The first-order valence-electron chi connectivity index (χ1n) is 9.89. The molecule has 1 saturated heterocycles. The normalized spacial score (nSPS) is 25.5. The molecule has 0 spiro atoms. The fraction of sp³-hybridized carbons (Fsp3) is 0.208. The van der Waals surface area contributed by atoms with E-state index in [1.807, 2.05) is 36.4 Å². The molecule has 4 unspecified atom stereocenters. The monoisotopic (exact) mass is 398 g/mol. The number of hydrogen-bond donors (Lipinski definition) is 3. The molecule has 0 saturated carbocycles. The van der Waals surface area contributed by atoms with Crippen LogP contribution in [-0.2, 0) is 4.74 Å². The van der Waals surface area contributed by atoms with E-state index in [-0.39, 0.29) is 30.0 Å². The number of nitriles is 1. The SMILES string of the molecule is COc1cccc(C2C(C#N)=C(N)OC3NNC(c4ccc5ccccc5c4)C32)c1. The highest BCUT2D eigenvalue weighted by atomic mass is 16.5. The minimum Gasteiger partial charge on any atom is -0.497 e. The van der Waals surface area contributed by atoms with Gasteiger partial charge in [-0.15, -0.1) is 0 Å². The molecule has 0 amide bonds. The van der Waals surface area contributed by atoms with Crippen LogP contribution in [0.25, 0.3) is 10.8 Å². The van der Waals surface area contributed by atoms with Crippen molar-refractivity contribution in [2.45, 2.75) is 18.2 Å².